The Labute approximate surface area is 159 Å². The van der Waals surface area contributed by atoms with Gasteiger partial charge in [0.2, 0.25) is 0 Å². The number of carbonyl (C=O) groups is 2. The first-order valence-electron chi connectivity index (χ1n) is 8.31. The number of carbonyl (C=O) groups excluding carboxylic acids is 2. The summed E-state index contributed by atoms with van der Waals surface area (Å²) < 4.78 is 1.10. The molecule has 7 nitrogen and oxygen atoms in total. The molecule has 0 radical (unpaired) electrons. The molecule has 0 saturated carbocycles. The van der Waals surface area contributed by atoms with Gasteiger partial charge in [-0.1, -0.05) is 37.3 Å². The van der Waals surface area contributed by atoms with E-state index in [1.807, 2.05) is 19.1 Å². The van der Waals surface area contributed by atoms with E-state index in [1.54, 1.807) is 48.2 Å². The second-order valence-electron chi connectivity index (χ2n) is 5.66. The molecule has 0 spiro atoms. The molecule has 8 heteroatoms. The molecule has 0 aliphatic carbocycles. The Morgan fingerprint density at radius 1 is 1.00 bits per heavy atom. The van der Waals surface area contributed by atoms with Crippen LogP contribution in [-0.4, -0.2) is 27.3 Å². The van der Waals surface area contributed by atoms with E-state index in [2.05, 4.69) is 16.0 Å². The molecular formula is C19H18N4O3S. The molecule has 138 valence electrons. The summed E-state index contributed by atoms with van der Waals surface area (Å²) in [5.41, 5.74) is 5.04. The Bertz CT molecular complexity index is 1080. The van der Waals surface area contributed by atoms with E-state index < -0.39 is 11.8 Å². The zero-order chi connectivity index (χ0) is 19.4. The van der Waals surface area contributed by atoms with Crippen molar-refractivity contribution in [2.75, 3.05) is 5.75 Å². The van der Waals surface area contributed by atoms with Gasteiger partial charge < -0.3 is 0 Å². The van der Waals surface area contributed by atoms with Gasteiger partial charge >= 0.3 is 0 Å². The molecular weight excluding hydrogens is 364 g/mol. The highest BCUT2D eigenvalue weighted by Crippen LogP contribution is 2.22. The van der Waals surface area contributed by atoms with Crippen molar-refractivity contribution in [3.8, 4) is 0 Å². The van der Waals surface area contributed by atoms with E-state index in [9.17, 15) is 14.4 Å². The summed E-state index contributed by atoms with van der Waals surface area (Å²) in [6.45, 7) is 2.00. The summed E-state index contributed by atoms with van der Waals surface area (Å²) in [6.07, 6.45) is 0. The van der Waals surface area contributed by atoms with Crippen LogP contribution in [0.15, 0.2) is 58.2 Å². The molecule has 1 aromatic heterocycles. The smallest absolute Gasteiger partial charge is 0.267 e. The molecule has 0 aliphatic rings. The van der Waals surface area contributed by atoms with E-state index in [-0.39, 0.29) is 11.3 Å². The Hall–Kier alpha value is -3.13. The van der Waals surface area contributed by atoms with Crippen LogP contribution < -0.4 is 16.4 Å². The fourth-order valence-corrected chi connectivity index (χ4v) is 3.45. The van der Waals surface area contributed by atoms with E-state index in [1.165, 1.54) is 7.05 Å². The summed E-state index contributed by atoms with van der Waals surface area (Å²) in [7, 11) is 1.47. The number of aromatic nitrogens is 2. The summed E-state index contributed by atoms with van der Waals surface area (Å²) in [4.78, 5) is 38.0. The molecule has 0 unspecified atom stereocenters. The van der Waals surface area contributed by atoms with Crippen molar-refractivity contribution < 1.29 is 9.59 Å². The van der Waals surface area contributed by atoms with Gasteiger partial charge in [-0.15, -0.1) is 11.8 Å². The second-order valence-corrected chi connectivity index (χ2v) is 6.97. The van der Waals surface area contributed by atoms with Crippen molar-refractivity contribution >= 4 is 34.3 Å². The number of nitrogens with zero attached hydrogens (tertiary/aromatic N) is 2. The van der Waals surface area contributed by atoms with Gasteiger partial charge in [0.05, 0.1) is 10.9 Å². The van der Waals surface area contributed by atoms with Gasteiger partial charge in [-0.3, -0.25) is 25.2 Å². The maximum absolute atomic E-state index is 12.6. The largest absolute Gasteiger partial charge is 0.290 e. The van der Waals surface area contributed by atoms with E-state index in [0.717, 1.165) is 15.3 Å². The zero-order valence-corrected chi connectivity index (χ0v) is 15.7. The normalized spacial score (nSPS) is 10.6. The molecule has 1 heterocycles. The molecule has 2 aromatic carbocycles. The van der Waals surface area contributed by atoms with Crippen LogP contribution in [0.2, 0.25) is 0 Å². The third-order valence-corrected chi connectivity index (χ3v) is 4.85. The van der Waals surface area contributed by atoms with Gasteiger partial charge in [0.25, 0.3) is 17.4 Å². The summed E-state index contributed by atoms with van der Waals surface area (Å²) in [5.74, 6) is -0.199. The minimum atomic E-state index is -0.601. The number of nitrogens with one attached hydrogen (secondary N) is 2. The van der Waals surface area contributed by atoms with Crippen LogP contribution in [-0.2, 0) is 7.05 Å². The van der Waals surface area contributed by atoms with Crippen LogP contribution in [0.1, 0.15) is 27.8 Å². The molecule has 0 fully saturated rings. The van der Waals surface area contributed by atoms with Gasteiger partial charge in [-0.2, -0.15) is 5.10 Å². The Morgan fingerprint density at radius 2 is 1.63 bits per heavy atom. The molecule has 0 aliphatic heterocycles. The van der Waals surface area contributed by atoms with E-state index in [4.69, 9.17) is 0 Å². The molecule has 0 saturated heterocycles. The first-order chi connectivity index (χ1) is 13.0. The monoisotopic (exact) mass is 382 g/mol. The van der Waals surface area contributed by atoms with Gasteiger partial charge in [0.1, 0.15) is 0 Å². The van der Waals surface area contributed by atoms with Crippen molar-refractivity contribution in [3.05, 3.63) is 70.1 Å². The van der Waals surface area contributed by atoms with Crippen LogP contribution in [0.5, 0.6) is 0 Å². The summed E-state index contributed by atoms with van der Waals surface area (Å²) in [5, 5.41) is 4.85. The molecule has 0 bridgehead atoms. The lowest BCUT2D eigenvalue weighted by atomic mass is 10.1. The fraction of sp³-hybridized carbons (Fsp3) is 0.158. The molecule has 2 amide bonds. The maximum Gasteiger partial charge on any atom is 0.290 e. The fourth-order valence-electron chi connectivity index (χ4n) is 2.64. The lowest BCUT2D eigenvalue weighted by molar-refractivity contribution is 0.0842. The van der Waals surface area contributed by atoms with Crippen molar-refractivity contribution in [1.82, 2.24) is 20.6 Å². The number of amides is 2. The predicted octanol–water partition coefficient (Wildman–Crippen LogP) is 2.12. The highest BCUT2D eigenvalue weighted by Gasteiger charge is 2.17. The minimum Gasteiger partial charge on any atom is -0.267 e. The highest BCUT2D eigenvalue weighted by atomic mass is 32.2. The van der Waals surface area contributed by atoms with E-state index in [0.29, 0.717) is 16.3 Å². The van der Waals surface area contributed by atoms with Crippen molar-refractivity contribution in [2.45, 2.75) is 11.8 Å². The zero-order valence-electron chi connectivity index (χ0n) is 14.9. The van der Waals surface area contributed by atoms with Crippen molar-refractivity contribution in [3.63, 3.8) is 0 Å². The van der Waals surface area contributed by atoms with Crippen LogP contribution in [0.4, 0.5) is 0 Å². The minimum absolute atomic E-state index is 0.0595. The molecule has 0 atom stereocenters. The van der Waals surface area contributed by atoms with Gasteiger partial charge in [0, 0.05) is 17.3 Å². The van der Waals surface area contributed by atoms with Gasteiger partial charge in [-0.25, -0.2) is 4.68 Å². The number of hydrogen-bond acceptors (Lipinski definition) is 5. The lowest BCUT2D eigenvalue weighted by Crippen LogP contribution is -2.42. The molecule has 3 aromatic rings. The van der Waals surface area contributed by atoms with Crippen molar-refractivity contribution in [2.24, 2.45) is 7.05 Å². The number of rotatable bonds is 4. The molecule has 3 rings (SSSR count). The summed E-state index contributed by atoms with van der Waals surface area (Å²) >= 11 is 1.54. The third kappa shape index (κ3) is 3.85. The average molecular weight is 382 g/mol. The quantitative estimate of drug-likeness (QED) is 0.533. The van der Waals surface area contributed by atoms with Crippen LogP contribution in [0.3, 0.4) is 0 Å². The van der Waals surface area contributed by atoms with Crippen LogP contribution >= 0.6 is 11.8 Å². The third-order valence-electron chi connectivity index (χ3n) is 3.89. The highest BCUT2D eigenvalue weighted by molar-refractivity contribution is 7.99. The SMILES string of the molecule is CCSc1ccccc1C(=O)NNC(=O)c1nn(C)c(=O)c2ccccc12. The van der Waals surface area contributed by atoms with Crippen LogP contribution in [0, 0.1) is 0 Å². The molecule has 27 heavy (non-hydrogen) atoms. The number of fused-ring (bicyclic) bond motifs is 1. The number of hydrazine groups is 1. The Balaban J connectivity index is 1.83. The van der Waals surface area contributed by atoms with Crippen LogP contribution in [0.25, 0.3) is 10.8 Å². The first-order valence-corrected chi connectivity index (χ1v) is 9.30. The lowest BCUT2D eigenvalue weighted by Gasteiger charge is -2.11. The number of thioether (sulfide) groups is 1. The summed E-state index contributed by atoms with van der Waals surface area (Å²) in [6, 6.07) is 13.9. The van der Waals surface area contributed by atoms with E-state index >= 15 is 0 Å². The number of benzene rings is 2. The predicted molar refractivity (Wildman–Crippen MR) is 105 cm³/mol. The number of hydrogen-bond donors (Lipinski definition) is 2. The average Bonchev–Trinajstić information content (AvgIpc) is 2.69. The van der Waals surface area contributed by atoms with Gasteiger partial charge in [0.15, 0.2) is 5.69 Å². The van der Waals surface area contributed by atoms with Gasteiger partial charge in [-0.05, 0) is 24.0 Å². The molecule has 2 N–H and O–H groups in total. The topological polar surface area (TPSA) is 93.1 Å². The second kappa shape index (κ2) is 8.05. The standard InChI is InChI=1S/C19H18N4O3S/c1-3-27-15-11-7-6-10-14(15)17(24)20-21-18(25)16-12-8-4-5-9-13(12)19(26)23(2)22-16/h4-11H,3H2,1-2H3,(H,20,24)(H,21,25). The maximum atomic E-state index is 12.6. The first kappa shape index (κ1) is 18.7. The Morgan fingerprint density at radius 3 is 2.37 bits per heavy atom. The number of aryl methyl sites for hydroxylation is 1. The van der Waals surface area contributed by atoms with Crippen molar-refractivity contribution in [1.29, 1.82) is 0 Å². The Kier molecular flexibility index (Phi) is 5.56.